The van der Waals surface area contributed by atoms with Crippen LogP contribution < -0.4 is 0 Å². The first-order valence-electron chi connectivity index (χ1n) is 11.0. The first kappa shape index (κ1) is 24.3. The second-order valence-electron chi connectivity index (χ2n) is 8.71. The Balaban J connectivity index is 1.69. The number of hydrogen-bond donors (Lipinski definition) is 5. The average molecular weight is 443 g/mol. The molecule has 5 N–H and O–H groups in total. The second-order valence-corrected chi connectivity index (χ2v) is 8.71. The van der Waals surface area contributed by atoms with Crippen LogP contribution in [0, 0.1) is 11.8 Å². The fourth-order valence-corrected chi connectivity index (χ4v) is 4.56. The summed E-state index contributed by atoms with van der Waals surface area (Å²) in [6, 6.07) is 0. The number of fused-ring (bicyclic) bond motifs is 1. The van der Waals surface area contributed by atoms with Crippen molar-refractivity contribution in [2.75, 3.05) is 6.61 Å². The van der Waals surface area contributed by atoms with Crippen molar-refractivity contribution in [2.45, 2.75) is 88.0 Å². The van der Waals surface area contributed by atoms with Gasteiger partial charge >= 0.3 is 5.97 Å². The summed E-state index contributed by atoms with van der Waals surface area (Å²) in [5.41, 5.74) is 0. The number of carbonyl (C=O) groups is 1. The van der Waals surface area contributed by atoms with Crippen LogP contribution in [0.1, 0.15) is 39.0 Å². The molecule has 3 rings (SSSR count). The third-order valence-electron chi connectivity index (χ3n) is 6.35. The zero-order valence-electron chi connectivity index (χ0n) is 17.7. The standard InChI is InChI=1S/C22H34O9/c1-12-5-3-2-4-6-13-9-14(10-15(13)16(24)7-8-18(25)29-12)30-22-21(28)20(27)19(26)17(11-23)31-22/h4,6-8,12-17,19-24,26-28H,2-3,5,9-11H2,1H3/b6-4-,8-7-. The summed E-state index contributed by atoms with van der Waals surface area (Å²) in [6.07, 6.45) is 2.16. The van der Waals surface area contributed by atoms with E-state index < -0.39 is 49.4 Å². The molecule has 3 aliphatic rings. The van der Waals surface area contributed by atoms with Crippen LogP contribution in [0.5, 0.6) is 0 Å². The van der Waals surface area contributed by atoms with Gasteiger partial charge in [-0.05, 0) is 56.9 Å². The summed E-state index contributed by atoms with van der Waals surface area (Å²) in [6.45, 7) is 1.32. The highest BCUT2D eigenvalue weighted by Gasteiger charge is 2.46. The SMILES string of the molecule is CC1CCC/C=C\C2CC(OC3OC(CO)C(O)C(O)C3O)CC2C(O)/C=C\C(=O)O1. The van der Waals surface area contributed by atoms with Crippen molar-refractivity contribution in [3.8, 4) is 0 Å². The van der Waals surface area contributed by atoms with Crippen molar-refractivity contribution in [3.05, 3.63) is 24.3 Å². The van der Waals surface area contributed by atoms with Gasteiger partial charge in [-0.15, -0.1) is 0 Å². The van der Waals surface area contributed by atoms with Gasteiger partial charge in [0.15, 0.2) is 6.29 Å². The Morgan fingerprint density at radius 2 is 1.87 bits per heavy atom. The molecule has 9 nitrogen and oxygen atoms in total. The Morgan fingerprint density at radius 1 is 1.10 bits per heavy atom. The molecule has 0 spiro atoms. The predicted molar refractivity (Wildman–Crippen MR) is 109 cm³/mol. The maximum atomic E-state index is 11.9. The number of rotatable bonds is 3. The van der Waals surface area contributed by atoms with Crippen LogP contribution in [0.4, 0.5) is 0 Å². The lowest BCUT2D eigenvalue weighted by Gasteiger charge is -2.40. The molecule has 31 heavy (non-hydrogen) atoms. The van der Waals surface area contributed by atoms with Gasteiger partial charge in [0.05, 0.1) is 24.9 Å². The van der Waals surface area contributed by atoms with E-state index in [1.54, 1.807) is 0 Å². The second kappa shape index (κ2) is 11.0. The third kappa shape index (κ3) is 6.13. The van der Waals surface area contributed by atoms with Gasteiger partial charge in [0.2, 0.25) is 0 Å². The highest BCUT2D eigenvalue weighted by atomic mass is 16.7. The Bertz CT molecular complexity index is 649. The molecule has 1 saturated carbocycles. The molecule has 1 aliphatic carbocycles. The molecule has 2 heterocycles. The van der Waals surface area contributed by atoms with Crippen molar-refractivity contribution >= 4 is 5.97 Å². The van der Waals surface area contributed by atoms with Crippen LogP contribution >= 0.6 is 0 Å². The molecule has 1 saturated heterocycles. The summed E-state index contributed by atoms with van der Waals surface area (Å²) < 4.78 is 16.6. The molecule has 0 amide bonds. The van der Waals surface area contributed by atoms with Crippen LogP contribution in [0.15, 0.2) is 24.3 Å². The summed E-state index contributed by atoms with van der Waals surface area (Å²) in [5, 5.41) is 50.1. The number of aliphatic hydroxyl groups excluding tert-OH is 5. The van der Waals surface area contributed by atoms with E-state index in [4.69, 9.17) is 14.2 Å². The number of hydrogen-bond acceptors (Lipinski definition) is 9. The van der Waals surface area contributed by atoms with Gasteiger partial charge in [0.1, 0.15) is 24.4 Å². The third-order valence-corrected chi connectivity index (χ3v) is 6.35. The molecule has 2 aliphatic heterocycles. The number of carbonyl (C=O) groups excluding carboxylic acids is 1. The maximum Gasteiger partial charge on any atom is 0.330 e. The lowest BCUT2D eigenvalue weighted by atomic mass is 9.90. The number of allylic oxidation sites excluding steroid dienone is 2. The highest BCUT2D eigenvalue weighted by molar-refractivity contribution is 5.82. The van der Waals surface area contributed by atoms with Crippen molar-refractivity contribution in [1.29, 1.82) is 0 Å². The molecule has 2 fully saturated rings. The normalized spacial score (nSPS) is 46.7. The molecule has 0 aromatic heterocycles. The van der Waals surface area contributed by atoms with Gasteiger partial charge < -0.3 is 39.7 Å². The van der Waals surface area contributed by atoms with Gasteiger partial charge in [-0.2, -0.15) is 0 Å². The zero-order valence-corrected chi connectivity index (χ0v) is 17.7. The summed E-state index contributed by atoms with van der Waals surface area (Å²) >= 11 is 0. The topological polar surface area (TPSA) is 146 Å². The lowest BCUT2D eigenvalue weighted by molar-refractivity contribution is -0.311. The van der Waals surface area contributed by atoms with Crippen LogP contribution in [0.3, 0.4) is 0 Å². The van der Waals surface area contributed by atoms with E-state index in [9.17, 15) is 30.3 Å². The fraction of sp³-hybridized carbons (Fsp3) is 0.773. The quantitative estimate of drug-likeness (QED) is 0.296. The minimum Gasteiger partial charge on any atom is -0.460 e. The summed E-state index contributed by atoms with van der Waals surface area (Å²) in [4.78, 5) is 11.9. The Hall–Kier alpha value is -1.33. The van der Waals surface area contributed by atoms with E-state index in [0.717, 1.165) is 19.3 Å². The van der Waals surface area contributed by atoms with E-state index in [-0.39, 0.29) is 24.0 Å². The van der Waals surface area contributed by atoms with E-state index >= 15 is 0 Å². The largest absolute Gasteiger partial charge is 0.460 e. The van der Waals surface area contributed by atoms with Gasteiger partial charge in [-0.25, -0.2) is 4.79 Å². The number of cyclic esters (lactones) is 1. The molecule has 176 valence electrons. The zero-order chi connectivity index (χ0) is 22.5. The van der Waals surface area contributed by atoms with Crippen molar-refractivity contribution in [2.24, 2.45) is 11.8 Å². The molecule has 0 aromatic carbocycles. The fourth-order valence-electron chi connectivity index (χ4n) is 4.56. The first-order valence-corrected chi connectivity index (χ1v) is 11.0. The number of ether oxygens (including phenoxy) is 3. The van der Waals surface area contributed by atoms with Gasteiger partial charge in [0, 0.05) is 6.08 Å². The lowest BCUT2D eigenvalue weighted by Crippen LogP contribution is -2.59. The number of aliphatic hydroxyl groups is 5. The molecule has 0 aromatic rings. The molecule has 9 heteroatoms. The Morgan fingerprint density at radius 3 is 2.61 bits per heavy atom. The van der Waals surface area contributed by atoms with Crippen LogP contribution in [0.25, 0.3) is 0 Å². The monoisotopic (exact) mass is 442 g/mol. The minimum atomic E-state index is -1.50. The van der Waals surface area contributed by atoms with Gasteiger partial charge in [0.25, 0.3) is 0 Å². The van der Waals surface area contributed by atoms with Crippen LogP contribution in [0.2, 0.25) is 0 Å². The Labute approximate surface area is 181 Å². The molecular weight excluding hydrogens is 408 g/mol. The predicted octanol–water partition coefficient (Wildman–Crippen LogP) is -0.213. The van der Waals surface area contributed by atoms with Crippen molar-refractivity contribution in [1.82, 2.24) is 0 Å². The molecule has 10 atom stereocenters. The van der Waals surface area contributed by atoms with E-state index in [2.05, 4.69) is 12.2 Å². The maximum absolute atomic E-state index is 11.9. The smallest absolute Gasteiger partial charge is 0.330 e. The highest BCUT2D eigenvalue weighted by Crippen LogP contribution is 2.39. The van der Waals surface area contributed by atoms with Crippen LogP contribution in [-0.4, -0.2) is 87.1 Å². The van der Waals surface area contributed by atoms with Gasteiger partial charge in [-0.3, -0.25) is 0 Å². The van der Waals surface area contributed by atoms with Gasteiger partial charge in [-0.1, -0.05) is 12.2 Å². The molecule has 10 unspecified atom stereocenters. The minimum absolute atomic E-state index is 0.0104. The first-order chi connectivity index (χ1) is 14.8. The number of esters is 1. The molecule has 0 radical (unpaired) electrons. The summed E-state index contributed by atoms with van der Waals surface area (Å²) in [7, 11) is 0. The Kier molecular flexibility index (Phi) is 8.63. The van der Waals surface area contributed by atoms with E-state index in [0.29, 0.717) is 12.8 Å². The van der Waals surface area contributed by atoms with E-state index in [1.807, 2.05) is 6.92 Å². The molecular formula is C22H34O9. The van der Waals surface area contributed by atoms with Crippen molar-refractivity contribution < 1.29 is 44.5 Å². The van der Waals surface area contributed by atoms with Crippen molar-refractivity contribution in [3.63, 3.8) is 0 Å². The molecule has 0 bridgehead atoms. The average Bonchev–Trinajstić information content (AvgIpc) is 3.14. The summed E-state index contributed by atoms with van der Waals surface area (Å²) in [5.74, 6) is -0.709. The van der Waals surface area contributed by atoms with Crippen LogP contribution in [-0.2, 0) is 19.0 Å². The van der Waals surface area contributed by atoms with E-state index in [1.165, 1.54) is 12.2 Å².